The van der Waals surface area contributed by atoms with Gasteiger partial charge >= 0.3 is 6.09 Å². The number of carbonyl (C=O) groups excluding carboxylic acids is 1. The first-order valence-corrected chi connectivity index (χ1v) is 5.58. The number of hydrogen-bond acceptors (Lipinski definition) is 4. The van der Waals surface area contributed by atoms with Crippen LogP contribution in [0.4, 0.5) is 10.5 Å². The zero-order valence-electron chi connectivity index (χ0n) is 10.4. The van der Waals surface area contributed by atoms with E-state index < -0.39 is 6.09 Å². The van der Waals surface area contributed by atoms with Gasteiger partial charge in [-0.25, -0.2) is 4.79 Å². The summed E-state index contributed by atoms with van der Waals surface area (Å²) in [5.41, 5.74) is 1.52. The van der Waals surface area contributed by atoms with Crippen LogP contribution in [0.25, 0.3) is 0 Å². The van der Waals surface area contributed by atoms with E-state index in [-0.39, 0.29) is 5.75 Å². The lowest BCUT2D eigenvalue weighted by Gasteiger charge is -2.17. The maximum absolute atomic E-state index is 11.8. The van der Waals surface area contributed by atoms with Crippen LogP contribution in [0.15, 0.2) is 24.5 Å². The Kier molecular flexibility index (Phi) is 3.14. The van der Waals surface area contributed by atoms with E-state index in [9.17, 15) is 9.90 Å². The Balaban J connectivity index is 2.34. The van der Waals surface area contributed by atoms with E-state index in [1.807, 2.05) is 0 Å². The number of hydrogen-bond donors (Lipinski definition) is 1. The molecule has 1 aliphatic rings. The van der Waals surface area contributed by atoms with Crippen molar-refractivity contribution < 1.29 is 19.4 Å². The number of amides is 1. The number of rotatable bonds is 2. The zero-order chi connectivity index (χ0) is 13.3. The molecule has 2 rings (SSSR count). The maximum Gasteiger partial charge on any atom is 0.419 e. The highest BCUT2D eigenvalue weighted by Gasteiger charge is 2.29. The molecule has 0 fully saturated rings. The predicted molar refractivity (Wildman–Crippen MR) is 67.0 cm³/mol. The number of allylic oxidation sites excluding steroid dienone is 1. The lowest BCUT2D eigenvalue weighted by Crippen LogP contribution is -2.29. The van der Waals surface area contributed by atoms with Crippen molar-refractivity contribution in [2.45, 2.75) is 13.3 Å². The van der Waals surface area contributed by atoms with Crippen LogP contribution in [0.2, 0.25) is 0 Å². The summed E-state index contributed by atoms with van der Waals surface area (Å²) in [5, 5.41) is 9.67. The topological polar surface area (TPSA) is 59.0 Å². The minimum Gasteiger partial charge on any atom is -0.504 e. The molecule has 0 atom stereocenters. The van der Waals surface area contributed by atoms with E-state index in [0.29, 0.717) is 30.2 Å². The van der Waals surface area contributed by atoms with Crippen LogP contribution in [0, 0.1) is 0 Å². The van der Waals surface area contributed by atoms with Gasteiger partial charge in [-0.1, -0.05) is 6.58 Å². The van der Waals surface area contributed by atoms with E-state index >= 15 is 0 Å². The Labute approximate surface area is 105 Å². The van der Waals surface area contributed by atoms with Gasteiger partial charge in [0.1, 0.15) is 0 Å². The highest BCUT2D eigenvalue weighted by Crippen LogP contribution is 2.41. The zero-order valence-corrected chi connectivity index (χ0v) is 10.4. The quantitative estimate of drug-likeness (QED) is 0.818. The van der Waals surface area contributed by atoms with Gasteiger partial charge in [-0.15, -0.1) is 0 Å². The van der Waals surface area contributed by atoms with Crippen molar-refractivity contribution in [2.24, 2.45) is 0 Å². The minimum absolute atomic E-state index is 0.0753. The van der Waals surface area contributed by atoms with E-state index in [0.717, 1.165) is 5.56 Å². The summed E-state index contributed by atoms with van der Waals surface area (Å²) in [7, 11) is 1.49. The summed E-state index contributed by atoms with van der Waals surface area (Å²) in [6.45, 7) is 5.65. The molecule has 96 valence electrons. The molecule has 5 heteroatoms. The number of nitrogens with zero attached hydrogens (tertiary/aromatic N) is 1. The molecule has 1 aliphatic heterocycles. The monoisotopic (exact) mass is 249 g/mol. The standard InChI is InChI=1S/C13H15NO4/c1-8(2)18-13(16)14-7-6-9-10(14)4-5-11(15)12(9)17-3/h4-5,15H,1,6-7H2,2-3H3. The molecule has 1 amide bonds. The van der Waals surface area contributed by atoms with Gasteiger partial charge in [0, 0.05) is 12.1 Å². The molecule has 0 saturated heterocycles. The van der Waals surface area contributed by atoms with Crippen molar-refractivity contribution in [2.75, 3.05) is 18.6 Å². The number of aromatic hydroxyl groups is 1. The molecule has 1 N–H and O–H groups in total. The summed E-state index contributed by atoms with van der Waals surface area (Å²) < 4.78 is 10.1. The molecule has 1 aromatic carbocycles. The number of fused-ring (bicyclic) bond motifs is 1. The van der Waals surface area contributed by atoms with Crippen LogP contribution < -0.4 is 9.64 Å². The smallest absolute Gasteiger partial charge is 0.419 e. The minimum atomic E-state index is -0.464. The third-order valence-corrected chi connectivity index (χ3v) is 2.78. The third kappa shape index (κ3) is 1.99. The molecule has 5 nitrogen and oxygen atoms in total. The van der Waals surface area contributed by atoms with Gasteiger partial charge in [-0.05, 0) is 25.5 Å². The second-order valence-corrected chi connectivity index (χ2v) is 4.09. The van der Waals surface area contributed by atoms with Gasteiger partial charge in [-0.2, -0.15) is 0 Å². The largest absolute Gasteiger partial charge is 0.504 e. The first kappa shape index (κ1) is 12.3. The highest BCUT2D eigenvalue weighted by atomic mass is 16.6. The fraction of sp³-hybridized carbons (Fsp3) is 0.308. The van der Waals surface area contributed by atoms with Crippen LogP contribution in [-0.2, 0) is 11.2 Å². The average Bonchev–Trinajstić information content (AvgIpc) is 2.71. The van der Waals surface area contributed by atoms with Crippen molar-refractivity contribution >= 4 is 11.8 Å². The number of phenolic OH excluding ortho intramolecular Hbond substituents is 1. The number of anilines is 1. The molecule has 1 aromatic rings. The Morgan fingerprint density at radius 1 is 1.50 bits per heavy atom. The highest BCUT2D eigenvalue weighted by molar-refractivity contribution is 5.92. The molecule has 0 saturated carbocycles. The molecule has 0 radical (unpaired) electrons. The molecule has 18 heavy (non-hydrogen) atoms. The predicted octanol–water partition coefficient (Wildman–Crippen LogP) is 2.43. The summed E-state index contributed by atoms with van der Waals surface area (Å²) in [4.78, 5) is 13.3. The van der Waals surface area contributed by atoms with Crippen molar-refractivity contribution in [1.29, 1.82) is 0 Å². The molecule has 0 spiro atoms. The van der Waals surface area contributed by atoms with E-state index in [1.165, 1.54) is 18.1 Å². The molecule has 0 aromatic heterocycles. The van der Waals surface area contributed by atoms with Crippen molar-refractivity contribution in [3.8, 4) is 11.5 Å². The van der Waals surface area contributed by atoms with Crippen molar-refractivity contribution in [3.63, 3.8) is 0 Å². The molecule has 0 aliphatic carbocycles. The van der Waals surface area contributed by atoms with Crippen LogP contribution in [-0.4, -0.2) is 24.9 Å². The lowest BCUT2D eigenvalue weighted by molar-refractivity contribution is 0.185. The van der Waals surface area contributed by atoms with Crippen LogP contribution >= 0.6 is 0 Å². The van der Waals surface area contributed by atoms with Crippen LogP contribution in [0.3, 0.4) is 0 Å². The van der Waals surface area contributed by atoms with Gasteiger partial charge in [-0.3, -0.25) is 4.90 Å². The fourth-order valence-electron chi connectivity index (χ4n) is 2.07. The van der Waals surface area contributed by atoms with Crippen LogP contribution in [0.5, 0.6) is 11.5 Å². The lowest BCUT2D eigenvalue weighted by atomic mass is 10.1. The molecule has 0 unspecified atom stereocenters. The second-order valence-electron chi connectivity index (χ2n) is 4.09. The molecule has 0 bridgehead atoms. The Morgan fingerprint density at radius 2 is 2.22 bits per heavy atom. The third-order valence-electron chi connectivity index (χ3n) is 2.78. The number of carbonyl (C=O) groups is 1. The van der Waals surface area contributed by atoms with E-state index in [1.54, 1.807) is 13.0 Å². The Hall–Kier alpha value is -2.17. The SMILES string of the molecule is C=C(C)OC(=O)N1CCc2c1ccc(O)c2OC. The fourth-order valence-corrected chi connectivity index (χ4v) is 2.07. The van der Waals surface area contributed by atoms with E-state index in [4.69, 9.17) is 9.47 Å². The Bertz CT molecular complexity index is 510. The van der Waals surface area contributed by atoms with Crippen LogP contribution in [0.1, 0.15) is 12.5 Å². The second kappa shape index (κ2) is 4.60. The first-order chi connectivity index (χ1) is 8.54. The van der Waals surface area contributed by atoms with E-state index in [2.05, 4.69) is 6.58 Å². The molecule has 1 heterocycles. The van der Waals surface area contributed by atoms with Gasteiger partial charge in [0.15, 0.2) is 11.5 Å². The maximum atomic E-state index is 11.8. The molecular weight excluding hydrogens is 234 g/mol. The summed E-state index contributed by atoms with van der Waals surface area (Å²) in [5.74, 6) is 0.837. The van der Waals surface area contributed by atoms with Crippen molar-refractivity contribution in [1.82, 2.24) is 0 Å². The van der Waals surface area contributed by atoms with Gasteiger partial charge in [0.25, 0.3) is 0 Å². The Morgan fingerprint density at radius 3 is 2.83 bits per heavy atom. The normalized spacial score (nSPS) is 13.1. The average molecular weight is 249 g/mol. The van der Waals surface area contributed by atoms with Gasteiger partial charge < -0.3 is 14.6 Å². The van der Waals surface area contributed by atoms with Crippen molar-refractivity contribution in [3.05, 3.63) is 30.0 Å². The molecular formula is C13H15NO4. The summed E-state index contributed by atoms with van der Waals surface area (Å²) in [6.07, 6.45) is 0.159. The first-order valence-electron chi connectivity index (χ1n) is 5.58. The van der Waals surface area contributed by atoms with Gasteiger partial charge in [0.05, 0.1) is 18.6 Å². The summed E-state index contributed by atoms with van der Waals surface area (Å²) >= 11 is 0. The van der Waals surface area contributed by atoms with Gasteiger partial charge in [0.2, 0.25) is 0 Å². The number of methoxy groups -OCH3 is 1. The number of ether oxygens (including phenoxy) is 2. The number of benzene rings is 1. The summed E-state index contributed by atoms with van der Waals surface area (Å²) in [6, 6.07) is 3.18. The number of phenols is 1.